The molecule has 0 saturated carbocycles. The molecular formula is C14H13ClNO6+. The molecular weight excluding hydrogens is 314 g/mol. The SMILES string of the molecule is [O-][Cl+](O)(O)O.c1cc[n+]2cc3cc4c(cc3cc2c1)OCO4. The molecule has 1 aliphatic rings. The number of fused-ring (bicyclic) bond motifs is 3. The fourth-order valence-corrected chi connectivity index (χ4v) is 2.23. The second-order valence-corrected chi connectivity index (χ2v) is 5.44. The first-order valence-corrected chi connectivity index (χ1v) is 7.52. The van der Waals surface area contributed by atoms with Crippen LogP contribution in [0, 0.1) is 10.2 Å². The molecule has 4 rings (SSSR count). The Kier molecular flexibility index (Phi) is 3.73. The number of hydrogen-bond donors (Lipinski definition) is 3. The van der Waals surface area contributed by atoms with Crippen LogP contribution in [-0.4, -0.2) is 20.8 Å². The molecule has 0 aliphatic carbocycles. The Bertz CT molecular complexity index is 765. The molecule has 0 bridgehead atoms. The van der Waals surface area contributed by atoms with Crippen molar-refractivity contribution in [1.29, 1.82) is 0 Å². The second-order valence-electron chi connectivity index (χ2n) is 4.57. The van der Waals surface area contributed by atoms with Crippen LogP contribution in [0.1, 0.15) is 0 Å². The van der Waals surface area contributed by atoms with E-state index in [-0.39, 0.29) is 0 Å². The normalized spacial score (nSPS) is 13.8. The fourth-order valence-electron chi connectivity index (χ4n) is 2.23. The van der Waals surface area contributed by atoms with Crippen molar-refractivity contribution in [2.24, 2.45) is 0 Å². The van der Waals surface area contributed by atoms with E-state index in [0.29, 0.717) is 6.79 Å². The maximum absolute atomic E-state index is 8.83. The van der Waals surface area contributed by atoms with Gasteiger partial charge in [-0.15, -0.1) is 0 Å². The van der Waals surface area contributed by atoms with E-state index in [9.17, 15) is 0 Å². The summed E-state index contributed by atoms with van der Waals surface area (Å²) in [5.74, 6) is 1.66. The smallest absolute Gasteiger partial charge is 0.231 e. The third kappa shape index (κ3) is 3.35. The minimum Gasteiger partial charge on any atom is -0.454 e. The topological polar surface area (TPSA) is 106 Å². The summed E-state index contributed by atoms with van der Waals surface area (Å²) in [5, 5.41) is 2.32. The van der Waals surface area contributed by atoms with Gasteiger partial charge in [-0.1, -0.05) is 0 Å². The van der Waals surface area contributed by atoms with Gasteiger partial charge in [-0.3, -0.25) is 0 Å². The second kappa shape index (κ2) is 5.56. The maximum Gasteiger partial charge on any atom is 0.231 e. The van der Waals surface area contributed by atoms with Gasteiger partial charge >= 0.3 is 28.9 Å². The molecule has 7 nitrogen and oxygen atoms in total. The van der Waals surface area contributed by atoms with Crippen LogP contribution in [0.3, 0.4) is 0 Å². The van der Waals surface area contributed by atoms with Crippen molar-refractivity contribution in [3.8, 4) is 11.5 Å². The Labute approximate surface area is 126 Å². The first kappa shape index (κ1) is 14.8. The van der Waals surface area contributed by atoms with E-state index in [0.717, 1.165) is 16.9 Å². The van der Waals surface area contributed by atoms with Crippen LogP contribution in [0.4, 0.5) is 0 Å². The number of aromatic nitrogens is 1. The van der Waals surface area contributed by atoms with Crippen molar-refractivity contribution in [2.45, 2.75) is 0 Å². The average molecular weight is 327 g/mol. The molecule has 0 amide bonds. The first-order chi connectivity index (χ1) is 10.4. The van der Waals surface area contributed by atoms with Crippen molar-refractivity contribution in [3.05, 3.63) is 48.8 Å². The molecule has 0 unspecified atom stereocenters. The van der Waals surface area contributed by atoms with E-state index in [1.54, 1.807) is 0 Å². The molecule has 0 radical (unpaired) electrons. The molecule has 0 saturated heterocycles. The monoisotopic (exact) mass is 326 g/mol. The van der Waals surface area contributed by atoms with Crippen molar-refractivity contribution >= 4 is 16.3 Å². The van der Waals surface area contributed by atoms with Crippen LogP contribution in [-0.2, 0) is 0 Å². The van der Waals surface area contributed by atoms with Crippen LogP contribution < -0.4 is 18.5 Å². The third-order valence-corrected chi connectivity index (χ3v) is 3.08. The predicted molar refractivity (Wildman–Crippen MR) is 69.9 cm³/mol. The Morgan fingerprint density at radius 1 is 1.00 bits per heavy atom. The van der Waals surface area contributed by atoms with Crippen LogP contribution in [0.2, 0.25) is 0 Å². The number of benzene rings is 1. The van der Waals surface area contributed by atoms with Crippen molar-refractivity contribution in [3.63, 3.8) is 0 Å². The van der Waals surface area contributed by atoms with E-state index < -0.39 is 10.2 Å². The summed E-state index contributed by atoms with van der Waals surface area (Å²) in [4.78, 5) is 0. The Morgan fingerprint density at radius 2 is 1.64 bits per heavy atom. The standard InChI is InChI=1S/C14H10NO2.ClH3O4/c1-2-4-15-8-11-7-14-13(16-9-17-14)6-10(11)5-12(15)3-1;2-1(3,4)5/h1-8H,9H2;2-4H/q+1;. The molecule has 116 valence electrons. The molecule has 3 N–H and O–H groups in total. The zero-order valence-corrected chi connectivity index (χ0v) is 12.0. The van der Waals surface area contributed by atoms with Crippen molar-refractivity contribution in [1.82, 2.24) is 0 Å². The Balaban J connectivity index is 0.000000254. The van der Waals surface area contributed by atoms with E-state index >= 15 is 0 Å². The summed E-state index contributed by atoms with van der Waals surface area (Å²) in [5.41, 5.74) is 1.17. The third-order valence-electron chi connectivity index (χ3n) is 3.08. The maximum atomic E-state index is 8.83. The van der Waals surface area contributed by atoms with Gasteiger partial charge in [0.15, 0.2) is 23.9 Å². The largest absolute Gasteiger partial charge is 0.454 e. The minimum atomic E-state index is -4.19. The molecule has 8 heteroatoms. The molecule has 22 heavy (non-hydrogen) atoms. The summed E-state index contributed by atoms with van der Waals surface area (Å²) < 4.78 is 43.1. The van der Waals surface area contributed by atoms with Gasteiger partial charge < -0.3 is 9.47 Å². The van der Waals surface area contributed by atoms with Gasteiger partial charge in [0.25, 0.3) is 0 Å². The van der Waals surface area contributed by atoms with Gasteiger partial charge in [0.2, 0.25) is 12.3 Å². The predicted octanol–water partition coefficient (Wildman–Crippen LogP) is -0.553. The molecule has 1 aromatic carbocycles. The molecule has 1 aliphatic heterocycles. The number of ether oxygens (including phenoxy) is 2. The van der Waals surface area contributed by atoms with Gasteiger partial charge in [-0.2, -0.15) is 4.40 Å². The van der Waals surface area contributed by atoms with E-state index in [4.69, 9.17) is 28.1 Å². The fraction of sp³-hybridized carbons (Fsp3) is 0.0714. The van der Waals surface area contributed by atoms with Crippen LogP contribution in [0.25, 0.3) is 16.3 Å². The first-order valence-electron chi connectivity index (χ1n) is 6.20. The molecule has 3 heterocycles. The zero-order chi connectivity index (χ0) is 15.7. The molecule has 2 aromatic heterocycles. The van der Waals surface area contributed by atoms with Gasteiger partial charge in [-0.25, -0.2) is 0 Å². The van der Waals surface area contributed by atoms with Gasteiger partial charge in [0, 0.05) is 18.2 Å². The summed E-state index contributed by atoms with van der Waals surface area (Å²) in [7, 11) is -4.19. The minimum absolute atomic E-state index is 0.318. The number of rotatable bonds is 0. The molecule has 3 aromatic rings. The van der Waals surface area contributed by atoms with E-state index in [1.807, 2.05) is 30.5 Å². The van der Waals surface area contributed by atoms with E-state index in [1.165, 1.54) is 10.9 Å². The quantitative estimate of drug-likeness (QED) is 0.378. The summed E-state index contributed by atoms with van der Waals surface area (Å²) in [6.45, 7) is 0.318. The summed E-state index contributed by atoms with van der Waals surface area (Å²) in [6, 6.07) is 12.4. The van der Waals surface area contributed by atoms with Crippen LogP contribution in [0.5, 0.6) is 11.5 Å². The number of pyridine rings is 2. The summed E-state index contributed by atoms with van der Waals surface area (Å²) >= 11 is 0. The summed E-state index contributed by atoms with van der Waals surface area (Å²) in [6.07, 6.45) is 4.14. The molecule has 0 fully saturated rings. The van der Waals surface area contributed by atoms with Crippen molar-refractivity contribution in [2.75, 3.05) is 6.79 Å². The molecule has 0 atom stereocenters. The average Bonchev–Trinajstić information content (AvgIpc) is 2.87. The van der Waals surface area contributed by atoms with Crippen molar-refractivity contribution < 1.29 is 42.8 Å². The van der Waals surface area contributed by atoms with Gasteiger partial charge in [0.1, 0.15) is 0 Å². The van der Waals surface area contributed by atoms with Gasteiger partial charge in [0.05, 0.1) is 5.39 Å². The Morgan fingerprint density at radius 3 is 2.32 bits per heavy atom. The van der Waals surface area contributed by atoms with Crippen LogP contribution in [0.15, 0.2) is 48.8 Å². The molecule has 0 spiro atoms. The Hall–Kier alpha value is -2.16. The van der Waals surface area contributed by atoms with Crippen LogP contribution >= 0.6 is 0 Å². The van der Waals surface area contributed by atoms with E-state index in [2.05, 4.69) is 22.7 Å². The number of halogens is 1. The van der Waals surface area contributed by atoms with Gasteiger partial charge in [-0.05, 0) is 23.6 Å². The zero-order valence-electron chi connectivity index (χ0n) is 11.2. The number of hydrogen-bond acceptors (Lipinski definition) is 6. The number of nitrogens with zero attached hydrogens (tertiary/aromatic N) is 1.